The third kappa shape index (κ3) is 3.83. The molecule has 0 aliphatic carbocycles. The number of halogens is 2. The van der Waals surface area contributed by atoms with Gasteiger partial charge in [-0.25, -0.2) is 9.37 Å². The van der Waals surface area contributed by atoms with Crippen LogP contribution in [-0.4, -0.2) is 17.6 Å². The minimum absolute atomic E-state index is 0.0936. The summed E-state index contributed by atoms with van der Waals surface area (Å²) in [6.45, 7) is 2.09. The zero-order valence-corrected chi connectivity index (χ0v) is 15.1. The van der Waals surface area contributed by atoms with E-state index in [1.807, 2.05) is 12.1 Å². The molecule has 7 heteroatoms. The Bertz CT molecular complexity index is 858. The molecule has 0 atom stereocenters. The van der Waals surface area contributed by atoms with E-state index in [0.717, 1.165) is 20.3 Å². The molecule has 1 aromatic carbocycles. The van der Waals surface area contributed by atoms with E-state index in [1.165, 1.54) is 34.8 Å². The molecule has 0 saturated carbocycles. The lowest BCUT2D eigenvalue weighted by atomic mass is 10.2. The summed E-state index contributed by atoms with van der Waals surface area (Å²) in [6.07, 6.45) is 0.0936. The highest BCUT2D eigenvalue weighted by atomic mass is 35.5. The molecule has 0 fully saturated rings. The number of thiazole rings is 1. The average Bonchev–Trinajstić information content (AvgIpc) is 3.14. The molecule has 24 heavy (non-hydrogen) atoms. The number of esters is 1. The Balaban J connectivity index is 2.01. The molecular weight excluding hydrogens is 369 g/mol. The summed E-state index contributed by atoms with van der Waals surface area (Å²) < 4.78 is 18.8. The molecule has 2 aromatic heterocycles. The molecule has 0 radical (unpaired) electrons. The first-order chi connectivity index (χ1) is 11.6. The molecule has 0 N–H and O–H groups in total. The number of thiophene rings is 1. The molecule has 3 aromatic rings. The topological polar surface area (TPSA) is 39.2 Å². The van der Waals surface area contributed by atoms with Crippen LogP contribution < -0.4 is 0 Å². The molecule has 0 aliphatic heterocycles. The molecule has 0 amide bonds. The third-order valence-electron chi connectivity index (χ3n) is 3.20. The number of rotatable bonds is 5. The summed E-state index contributed by atoms with van der Waals surface area (Å²) in [5, 5.41) is 0.730. The first kappa shape index (κ1) is 17.1. The van der Waals surface area contributed by atoms with Gasteiger partial charge in [0.15, 0.2) is 0 Å². The SMILES string of the molecule is CCOC(=O)Cc1nc(-c2ccc(F)cc2)sc1-c1ccc(Cl)s1. The van der Waals surface area contributed by atoms with Crippen LogP contribution in [0.15, 0.2) is 36.4 Å². The number of hydrogen-bond acceptors (Lipinski definition) is 5. The molecule has 124 valence electrons. The van der Waals surface area contributed by atoms with Gasteiger partial charge in [-0.15, -0.1) is 22.7 Å². The zero-order chi connectivity index (χ0) is 17.1. The highest BCUT2D eigenvalue weighted by Gasteiger charge is 2.19. The fraction of sp³-hybridized carbons (Fsp3) is 0.176. The van der Waals surface area contributed by atoms with Gasteiger partial charge in [-0.3, -0.25) is 4.79 Å². The van der Waals surface area contributed by atoms with Gasteiger partial charge in [0.2, 0.25) is 0 Å². The van der Waals surface area contributed by atoms with Crippen LogP contribution in [-0.2, 0) is 16.0 Å². The maximum atomic E-state index is 13.1. The monoisotopic (exact) mass is 381 g/mol. The Labute approximate surface area is 151 Å². The normalized spacial score (nSPS) is 10.8. The minimum atomic E-state index is -0.322. The highest BCUT2D eigenvalue weighted by Crippen LogP contribution is 2.40. The molecule has 0 spiro atoms. The van der Waals surface area contributed by atoms with Crippen molar-refractivity contribution in [3.05, 3.63) is 52.2 Å². The first-order valence-corrected chi connectivity index (χ1v) is 9.25. The van der Waals surface area contributed by atoms with Gasteiger partial charge in [-0.05, 0) is 43.3 Å². The van der Waals surface area contributed by atoms with Crippen LogP contribution in [0.3, 0.4) is 0 Å². The Morgan fingerprint density at radius 2 is 1.96 bits per heavy atom. The van der Waals surface area contributed by atoms with E-state index in [-0.39, 0.29) is 18.2 Å². The van der Waals surface area contributed by atoms with E-state index in [1.54, 1.807) is 19.1 Å². The maximum absolute atomic E-state index is 13.1. The van der Waals surface area contributed by atoms with Crippen LogP contribution in [0.4, 0.5) is 4.39 Å². The highest BCUT2D eigenvalue weighted by molar-refractivity contribution is 7.25. The van der Waals surface area contributed by atoms with Gasteiger partial charge in [0.25, 0.3) is 0 Å². The predicted octanol–water partition coefficient (Wildman–Crippen LogP) is 5.44. The smallest absolute Gasteiger partial charge is 0.311 e. The first-order valence-electron chi connectivity index (χ1n) is 7.23. The second kappa shape index (κ2) is 7.42. The average molecular weight is 382 g/mol. The van der Waals surface area contributed by atoms with Gasteiger partial charge in [0, 0.05) is 10.4 Å². The summed E-state index contributed by atoms with van der Waals surface area (Å²) in [5.41, 5.74) is 1.46. The fourth-order valence-corrected chi connectivity index (χ4v) is 4.43. The largest absolute Gasteiger partial charge is 0.466 e. The Morgan fingerprint density at radius 3 is 2.58 bits per heavy atom. The number of benzene rings is 1. The van der Waals surface area contributed by atoms with Crippen LogP contribution >= 0.6 is 34.3 Å². The van der Waals surface area contributed by atoms with Crippen molar-refractivity contribution in [2.24, 2.45) is 0 Å². The van der Waals surface area contributed by atoms with Gasteiger partial charge < -0.3 is 4.74 Å². The van der Waals surface area contributed by atoms with Gasteiger partial charge >= 0.3 is 5.97 Å². The molecule has 0 unspecified atom stereocenters. The molecule has 2 heterocycles. The lowest BCUT2D eigenvalue weighted by Crippen LogP contribution is -2.08. The van der Waals surface area contributed by atoms with Crippen molar-refractivity contribution in [2.45, 2.75) is 13.3 Å². The van der Waals surface area contributed by atoms with Crippen molar-refractivity contribution in [3.8, 4) is 20.3 Å². The van der Waals surface area contributed by atoms with Crippen molar-refractivity contribution in [1.29, 1.82) is 0 Å². The second-order valence-corrected chi connectivity index (χ2v) is 7.60. The molecule has 0 bridgehead atoms. The van der Waals surface area contributed by atoms with Crippen molar-refractivity contribution in [3.63, 3.8) is 0 Å². The number of carbonyl (C=O) groups is 1. The summed E-state index contributed by atoms with van der Waals surface area (Å²) in [7, 11) is 0. The number of carbonyl (C=O) groups excluding carboxylic acids is 1. The molecule has 3 rings (SSSR count). The van der Waals surface area contributed by atoms with Gasteiger partial charge in [-0.2, -0.15) is 0 Å². The van der Waals surface area contributed by atoms with E-state index in [2.05, 4.69) is 4.98 Å². The number of hydrogen-bond donors (Lipinski definition) is 0. The van der Waals surface area contributed by atoms with Crippen LogP contribution in [0, 0.1) is 5.82 Å². The fourth-order valence-electron chi connectivity index (χ4n) is 2.17. The van der Waals surface area contributed by atoms with E-state index < -0.39 is 0 Å². The Kier molecular flexibility index (Phi) is 5.28. The van der Waals surface area contributed by atoms with Crippen LogP contribution in [0.1, 0.15) is 12.6 Å². The van der Waals surface area contributed by atoms with Gasteiger partial charge in [-0.1, -0.05) is 11.6 Å². The number of ether oxygens (including phenoxy) is 1. The summed E-state index contributed by atoms with van der Waals surface area (Å²) in [5.74, 6) is -0.621. The van der Waals surface area contributed by atoms with E-state index >= 15 is 0 Å². The predicted molar refractivity (Wildman–Crippen MR) is 96.2 cm³/mol. The molecule has 0 saturated heterocycles. The van der Waals surface area contributed by atoms with Crippen LogP contribution in [0.25, 0.3) is 20.3 Å². The molecular formula is C17H13ClFNO2S2. The van der Waals surface area contributed by atoms with E-state index in [4.69, 9.17) is 16.3 Å². The quantitative estimate of drug-likeness (QED) is 0.552. The number of nitrogens with zero attached hydrogens (tertiary/aromatic N) is 1. The second-order valence-electron chi connectivity index (χ2n) is 4.89. The standard InChI is InChI=1S/C17H13ClFNO2S2/c1-2-22-15(21)9-12-16(13-7-8-14(18)23-13)24-17(20-12)10-3-5-11(19)6-4-10/h3-8H,2,9H2,1H3. The molecule has 3 nitrogen and oxygen atoms in total. The van der Waals surface area contributed by atoms with Crippen LogP contribution in [0.2, 0.25) is 4.34 Å². The Morgan fingerprint density at radius 1 is 1.21 bits per heavy atom. The number of aromatic nitrogens is 1. The zero-order valence-electron chi connectivity index (χ0n) is 12.7. The van der Waals surface area contributed by atoms with Gasteiger partial charge in [0.1, 0.15) is 10.8 Å². The van der Waals surface area contributed by atoms with Crippen molar-refractivity contribution < 1.29 is 13.9 Å². The van der Waals surface area contributed by atoms with Crippen LogP contribution in [0.5, 0.6) is 0 Å². The van der Waals surface area contributed by atoms with Gasteiger partial charge in [0.05, 0.1) is 27.9 Å². The Hall–Kier alpha value is -1.76. The van der Waals surface area contributed by atoms with Crippen molar-refractivity contribution in [1.82, 2.24) is 4.98 Å². The lowest BCUT2D eigenvalue weighted by molar-refractivity contribution is -0.142. The third-order valence-corrected chi connectivity index (χ3v) is 5.76. The lowest BCUT2D eigenvalue weighted by Gasteiger charge is -2.01. The van der Waals surface area contributed by atoms with Crippen molar-refractivity contribution >= 4 is 40.2 Å². The van der Waals surface area contributed by atoms with E-state index in [0.29, 0.717) is 16.6 Å². The van der Waals surface area contributed by atoms with Crippen molar-refractivity contribution in [2.75, 3.05) is 6.61 Å². The summed E-state index contributed by atoms with van der Waals surface area (Å²) in [6, 6.07) is 9.85. The minimum Gasteiger partial charge on any atom is -0.466 e. The summed E-state index contributed by atoms with van der Waals surface area (Å²) in [4.78, 5) is 18.3. The van der Waals surface area contributed by atoms with E-state index in [9.17, 15) is 9.18 Å². The summed E-state index contributed by atoms with van der Waals surface area (Å²) >= 11 is 8.91. The molecule has 0 aliphatic rings. The maximum Gasteiger partial charge on any atom is 0.311 e.